The first kappa shape index (κ1) is 9.81. The topological polar surface area (TPSA) is 75.7 Å². The second-order valence-corrected chi connectivity index (χ2v) is 2.45. The number of carbonyl (C=O) groups is 1. The van der Waals surface area contributed by atoms with E-state index in [-0.39, 0.29) is 0 Å². The van der Waals surface area contributed by atoms with E-state index in [2.05, 4.69) is 17.0 Å². The van der Waals surface area contributed by atoms with E-state index < -0.39 is 5.91 Å². The average molecular weight is 188 g/mol. The third kappa shape index (κ3) is 2.64. The second-order valence-electron chi connectivity index (χ2n) is 2.45. The molecule has 1 amide bonds. The average Bonchev–Trinajstić information content (AvgIpc) is 2.17. The van der Waals surface area contributed by atoms with Crippen LogP contribution in [-0.4, -0.2) is 17.3 Å². The first-order chi connectivity index (χ1) is 6.74. The van der Waals surface area contributed by atoms with Crippen molar-refractivity contribution < 1.29 is 10.0 Å². The van der Waals surface area contributed by atoms with E-state index in [4.69, 9.17) is 10.9 Å². The van der Waals surface area contributed by atoms with Gasteiger partial charge in [0.2, 0.25) is 0 Å². The molecule has 4 nitrogen and oxygen atoms in total. The van der Waals surface area contributed by atoms with E-state index in [1.54, 1.807) is 24.3 Å². The molecule has 1 aromatic carbocycles. The molecular weight excluding hydrogens is 180 g/mol. The zero-order valence-corrected chi connectivity index (χ0v) is 7.27. The molecule has 0 aliphatic rings. The molecule has 0 unspecified atom stereocenters. The highest BCUT2D eigenvalue weighted by Gasteiger charge is 1.94. The maximum absolute atomic E-state index is 10.4. The molecule has 0 bridgehead atoms. The highest BCUT2D eigenvalue weighted by molar-refractivity contribution is 5.93. The summed E-state index contributed by atoms with van der Waals surface area (Å²) in [4.78, 5) is 10.4. The number of nitrogens with zero attached hydrogens (tertiary/aromatic N) is 1. The van der Waals surface area contributed by atoms with Crippen LogP contribution in [0.5, 0.6) is 0 Å². The van der Waals surface area contributed by atoms with Gasteiger partial charge in [0.15, 0.2) is 0 Å². The number of hydrogen-bond acceptors (Lipinski definition) is 3. The van der Waals surface area contributed by atoms with E-state index in [0.717, 1.165) is 0 Å². The Morgan fingerprint density at radius 3 is 2.86 bits per heavy atom. The largest absolute Gasteiger partial charge is 0.411 e. The Balaban J connectivity index is 3.09. The van der Waals surface area contributed by atoms with Crippen LogP contribution in [0.1, 0.15) is 11.1 Å². The van der Waals surface area contributed by atoms with E-state index in [9.17, 15) is 4.79 Å². The van der Waals surface area contributed by atoms with Crippen LogP contribution in [0.15, 0.2) is 29.4 Å². The predicted molar refractivity (Wildman–Crippen MR) is 51.9 cm³/mol. The van der Waals surface area contributed by atoms with Crippen molar-refractivity contribution in [2.24, 2.45) is 10.9 Å². The van der Waals surface area contributed by atoms with Crippen LogP contribution in [0.4, 0.5) is 0 Å². The Bertz CT molecular complexity index is 427. The lowest BCUT2D eigenvalue weighted by molar-refractivity contribution is -0.112. The number of carbonyl (C=O) groups excluding carboxylic acids is 1. The van der Waals surface area contributed by atoms with Gasteiger partial charge in [0.25, 0.3) is 5.91 Å². The summed E-state index contributed by atoms with van der Waals surface area (Å²) in [5.41, 5.74) is 6.08. The zero-order chi connectivity index (χ0) is 10.4. The summed E-state index contributed by atoms with van der Waals surface area (Å²) in [6.07, 6.45) is 1.24. The van der Waals surface area contributed by atoms with Gasteiger partial charge in [-0.3, -0.25) is 4.79 Å². The molecular formula is C10H8N2O2. The minimum atomic E-state index is -0.694. The molecule has 0 heterocycles. The standard InChI is InChI=1S/C10H8N2O2/c11-10(13)6-5-8-3-1-2-4-9(8)7-12-14/h1-4,7,14H,(H2,11,13). The number of primary amides is 1. The number of nitrogens with two attached hydrogens (primary N) is 1. The molecule has 1 aromatic rings. The Kier molecular flexibility index (Phi) is 3.27. The fourth-order valence-corrected chi connectivity index (χ4v) is 0.915. The normalized spacial score (nSPS) is 9.43. The van der Waals surface area contributed by atoms with Gasteiger partial charge in [0.1, 0.15) is 0 Å². The summed E-state index contributed by atoms with van der Waals surface area (Å²) < 4.78 is 0. The molecule has 0 aromatic heterocycles. The lowest BCUT2D eigenvalue weighted by Crippen LogP contribution is -2.06. The summed E-state index contributed by atoms with van der Waals surface area (Å²) in [6, 6.07) is 6.95. The van der Waals surface area contributed by atoms with Crippen LogP contribution in [0.2, 0.25) is 0 Å². The van der Waals surface area contributed by atoms with Crippen LogP contribution in [0.3, 0.4) is 0 Å². The van der Waals surface area contributed by atoms with Crippen molar-refractivity contribution in [3.05, 3.63) is 35.4 Å². The van der Waals surface area contributed by atoms with Gasteiger partial charge in [-0.15, -0.1) is 0 Å². The summed E-state index contributed by atoms with van der Waals surface area (Å²) in [5.74, 6) is 4.08. The fraction of sp³-hybridized carbons (Fsp3) is 0. The Labute approximate surface area is 81.0 Å². The summed E-state index contributed by atoms with van der Waals surface area (Å²) in [6.45, 7) is 0. The smallest absolute Gasteiger partial charge is 0.293 e. The number of amides is 1. The van der Waals surface area contributed by atoms with Crippen molar-refractivity contribution in [3.63, 3.8) is 0 Å². The van der Waals surface area contributed by atoms with Crippen molar-refractivity contribution in [2.75, 3.05) is 0 Å². The first-order valence-corrected chi connectivity index (χ1v) is 3.82. The molecule has 0 saturated heterocycles. The van der Waals surface area contributed by atoms with Gasteiger partial charge < -0.3 is 10.9 Å². The van der Waals surface area contributed by atoms with Gasteiger partial charge in [-0.05, 0) is 6.07 Å². The van der Waals surface area contributed by atoms with E-state index in [1.807, 2.05) is 0 Å². The first-order valence-electron chi connectivity index (χ1n) is 3.82. The fourth-order valence-electron chi connectivity index (χ4n) is 0.915. The lowest BCUT2D eigenvalue weighted by Gasteiger charge is -1.94. The van der Waals surface area contributed by atoms with Gasteiger partial charge in [-0.2, -0.15) is 0 Å². The molecule has 1 rings (SSSR count). The summed E-state index contributed by atoms with van der Waals surface area (Å²) >= 11 is 0. The minimum Gasteiger partial charge on any atom is -0.411 e. The van der Waals surface area contributed by atoms with Crippen molar-refractivity contribution in [1.82, 2.24) is 0 Å². The SMILES string of the molecule is NC(=O)C#Cc1ccccc1C=NO. The molecule has 0 aliphatic carbocycles. The van der Waals surface area contributed by atoms with Gasteiger partial charge in [-0.25, -0.2) is 0 Å². The van der Waals surface area contributed by atoms with Crippen LogP contribution < -0.4 is 5.73 Å². The molecule has 0 saturated carbocycles. The van der Waals surface area contributed by atoms with Crippen molar-refractivity contribution in [2.45, 2.75) is 0 Å². The van der Waals surface area contributed by atoms with Crippen LogP contribution in [-0.2, 0) is 4.79 Å². The third-order valence-electron chi connectivity index (χ3n) is 1.48. The predicted octanol–water partition coefficient (Wildman–Crippen LogP) is 0.332. The highest BCUT2D eigenvalue weighted by Crippen LogP contribution is 2.03. The Morgan fingerprint density at radius 1 is 1.50 bits per heavy atom. The number of oxime groups is 1. The van der Waals surface area contributed by atoms with E-state index in [1.165, 1.54) is 6.21 Å². The van der Waals surface area contributed by atoms with Crippen LogP contribution in [0.25, 0.3) is 0 Å². The maximum atomic E-state index is 10.4. The lowest BCUT2D eigenvalue weighted by atomic mass is 10.1. The summed E-state index contributed by atoms with van der Waals surface area (Å²) in [7, 11) is 0. The van der Waals surface area contributed by atoms with Gasteiger partial charge in [-0.1, -0.05) is 29.3 Å². The molecule has 0 spiro atoms. The Morgan fingerprint density at radius 2 is 2.21 bits per heavy atom. The minimum absolute atomic E-state index is 0.587. The van der Waals surface area contributed by atoms with Crippen LogP contribution >= 0.6 is 0 Å². The monoisotopic (exact) mass is 188 g/mol. The number of hydrogen-bond donors (Lipinski definition) is 2. The van der Waals surface area contributed by atoms with E-state index in [0.29, 0.717) is 11.1 Å². The molecule has 70 valence electrons. The summed E-state index contributed by atoms with van der Waals surface area (Å²) in [5, 5.41) is 11.2. The molecule has 0 atom stereocenters. The van der Waals surface area contributed by atoms with Crippen molar-refractivity contribution >= 4 is 12.1 Å². The molecule has 0 aliphatic heterocycles. The van der Waals surface area contributed by atoms with Crippen LogP contribution in [0, 0.1) is 11.8 Å². The molecule has 3 N–H and O–H groups in total. The molecule has 0 fully saturated rings. The second kappa shape index (κ2) is 4.67. The third-order valence-corrected chi connectivity index (χ3v) is 1.48. The molecule has 0 radical (unpaired) electrons. The highest BCUT2D eigenvalue weighted by atomic mass is 16.4. The maximum Gasteiger partial charge on any atom is 0.293 e. The quantitative estimate of drug-likeness (QED) is 0.288. The van der Waals surface area contributed by atoms with Gasteiger partial charge in [0.05, 0.1) is 6.21 Å². The van der Waals surface area contributed by atoms with Crippen molar-refractivity contribution in [3.8, 4) is 11.8 Å². The van der Waals surface area contributed by atoms with Gasteiger partial charge >= 0.3 is 0 Å². The zero-order valence-electron chi connectivity index (χ0n) is 7.27. The Hall–Kier alpha value is -2.28. The number of rotatable bonds is 1. The molecule has 14 heavy (non-hydrogen) atoms. The number of benzene rings is 1. The van der Waals surface area contributed by atoms with E-state index >= 15 is 0 Å². The molecule has 4 heteroatoms. The van der Waals surface area contributed by atoms with Gasteiger partial charge in [0, 0.05) is 17.0 Å². The van der Waals surface area contributed by atoms with Crippen molar-refractivity contribution in [1.29, 1.82) is 0 Å².